The summed E-state index contributed by atoms with van der Waals surface area (Å²) in [6.07, 6.45) is 0. The number of hydrogen-bond acceptors (Lipinski definition) is 2. The van der Waals surface area contributed by atoms with Crippen molar-refractivity contribution in [1.82, 2.24) is 0 Å². The molecule has 3 nitrogen and oxygen atoms in total. The first kappa shape index (κ1) is 12.6. The molecule has 0 heterocycles. The number of rotatable bonds is 3. The van der Waals surface area contributed by atoms with E-state index in [-0.39, 0.29) is 5.41 Å². The topological polar surface area (TPSA) is 46.5 Å². The molecule has 0 aliphatic carbocycles. The number of carbonyl (C=O) groups is 1. The maximum atomic E-state index is 11.2. The Hall–Kier alpha value is -1.51. The van der Waals surface area contributed by atoms with Crippen LogP contribution in [0.3, 0.4) is 0 Å². The van der Waals surface area contributed by atoms with Crippen molar-refractivity contribution in [2.45, 2.75) is 33.1 Å². The van der Waals surface area contributed by atoms with Crippen LogP contribution in [0.1, 0.15) is 43.6 Å². The van der Waals surface area contributed by atoms with Gasteiger partial charge in [-0.3, -0.25) is 0 Å². The van der Waals surface area contributed by atoms with Crippen LogP contribution in [-0.4, -0.2) is 17.7 Å². The highest BCUT2D eigenvalue weighted by Gasteiger charge is 2.25. The fraction of sp³-hybridized carbons (Fsp3) is 0.462. The Kier molecular flexibility index (Phi) is 3.58. The van der Waals surface area contributed by atoms with Gasteiger partial charge in [0.25, 0.3) is 0 Å². The molecule has 0 atom stereocenters. The van der Waals surface area contributed by atoms with Crippen molar-refractivity contribution in [1.29, 1.82) is 0 Å². The van der Waals surface area contributed by atoms with E-state index >= 15 is 0 Å². The molecular formula is C13H18O3. The van der Waals surface area contributed by atoms with Crippen molar-refractivity contribution in [3.05, 3.63) is 29.3 Å². The molecule has 0 aliphatic heterocycles. The van der Waals surface area contributed by atoms with E-state index in [1.165, 1.54) is 0 Å². The molecule has 1 aromatic rings. The summed E-state index contributed by atoms with van der Waals surface area (Å²) in [5.74, 6) is -0.249. The lowest BCUT2D eigenvalue weighted by Gasteiger charge is -2.24. The van der Waals surface area contributed by atoms with Crippen LogP contribution in [0, 0.1) is 0 Å². The molecule has 0 amide bonds. The van der Waals surface area contributed by atoms with E-state index in [2.05, 4.69) is 0 Å². The van der Waals surface area contributed by atoms with E-state index < -0.39 is 5.97 Å². The largest absolute Gasteiger partial charge is 0.494 e. The SMILES string of the molecule is CCOc1cccc(C(=O)O)c1C(C)(C)C. The number of ether oxygens (including phenoxy) is 1. The summed E-state index contributed by atoms with van der Waals surface area (Å²) in [5, 5.41) is 9.17. The summed E-state index contributed by atoms with van der Waals surface area (Å²) in [6.45, 7) is 8.37. The number of benzene rings is 1. The first-order chi connectivity index (χ1) is 7.38. The highest BCUT2D eigenvalue weighted by molar-refractivity contribution is 5.90. The van der Waals surface area contributed by atoms with Gasteiger partial charge in [-0.15, -0.1) is 0 Å². The fourth-order valence-corrected chi connectivity index (χ4v) is 1.76. The van der Waals surface area contributed by atoms with Gasteiger partial charge in [-0.2, -0.15) is 0 Å². The standard InChI is InChI=1S/C13H18O3/c1-5-16-10-8-6-7-9(12(14)15)11(10)13(2,3)4/h6-8H,5H2,1-4H3,(H,14,15). The summed E-state index contributed by atoms with van der Waals surface area (Å²) in [7, 11) is 0. The van der Waals surface area contributed by atoms with Crippen molar-refractivity contribution in [2.75, 3.05) is 6.61 Å². The normalized spacial score (nSPS) is 11.2. The van der Waals surface area contributed by atoms with Gasteiger partial charge in [0.05, 0.1) is 12.2 Å². The minimum atomic E-state index is -0.911. The number of aromatic carboxylic acids is 1. The van der Waals surface area contributed by atoms with Crippen molar-refractivity contribution >= 4 is 5.97 Å². The highest BCUT2D eigenvalue weighted by atomic mass is 16.5. The molecule has 1 aromatic carbocycles. The van der Waals surface area contributed by atoms with Crippen LogP contribution in [0.5, 0.6) is 5.75 Å². The van der Waals surface area contributed by atoms with E-state index in [0.29, 0.717) is 17.9 Å². The first-order valence-electron chi connectivity index (χ1n) is 5.37. The van der Waals surface area contributed by atoms with Crippen molar-refractivity contribution in [3.63, 3.8) is 0 Å². The second-order valence-corrected chi connectivity index (χ2v) is 4.67. The highest BCUT2D eigenvalue weighted by Crippen LogP contribution is 2.34. The third kappa shape index (κ3) is 2.54. The smallest absolute Gasteiger partial charge is 0.336 e. The second-order valence-electron chi connectivity index (χ2n) is 4.67. The minimum Gasteiger partial charge on any atom is -0.494 e. The molecule has 0 bridgehead atoms. The van der Waals surface area contributed by atoms with E-state index in [4.69, 9.17) is 9.84 Å². The molecule has 0 aliphatic rings. The molecule has 0 aromatic heterocycles. The Balaban J connectivity index is 3.41. The molecule has 1 rings (SSSR count). The first-order valence-corrected chi connectivity index (χ1v) is 5.37. The van der Waals surface area contributed by atoms with Gasteiger partial charge in [0.2, 0.25) is 0 Å². The molecule has 0 saturated heterocycles. The van der Waals surface area contributed by atoms with Crippen LogP contribution in [0.25, 0.3) is 0 Å². The molecule has 0 saturated carbocycles. The van der Waals surface area contributed by atoms with E-state index in [1.54, 1.807) is 12.1 Å². The predicted molar refractivity (Wildman–Crippen MR) is 63.3 cm³/mol. The van der Waals surface area contributed by atoms with Gasteiger partial charge < -0.3 is 9.84 Å². The number of carboxylic acids is 1. The van der Waals surface area contributed by atoms with Crippen LogP contribution < -0.4 is 4.74 Å². The molecule has 0 radical (unpaired) electrons. The Morgan fingerprint density at radius 3 is 2.44 bits per heavy atom. The van der Waals surface area contributed by atoms with Crippen molar-refractivity contribution < 1.29 is 14.6 Å². The number of hydrogen-bond donors (Lipinski definition) is 1. The molecule has 0 unspecified atom stereocenters. The van der Waals surface area contributed by atoms with Crippen molar-refractivity contribution in [2.24, 2.45) is 0 Å². The van der Waals surface area contributed by atoms with E-state index in [1.807, 2.05) is 33.8 Å². The molecule has 3 heteroatoms. The van der Waals surface area contributed by atoms with Gasteiger partial charge in [0, 0.05) is 5.56 Å². The van der Waals surface area contributed by atoms with Gasteiger partial charge in [-0.05, 0) is 24.5 Å². The number of carboxylic acid groups (broad SMARTS) is 1. The van der Waals surface area contributed by atoms with Crippen molar-refractivity contribution in [3.8, 4) is 5.75 Å². The monoisotopic (exact) mass is 222 g/mol. The van der Waals surface area contributed by atoms with E-state index in [9.17, 15) is 4.79 Å². The third-order valence-electron chi connectivity index (χ3n) is 2.31. The fourth-order valence-electron chi connectivity index (χ4n) is 1.76. The Morgan fingerprint density at radius 2 is 2.00 bits per heavy atom. The lowest BCUT2D eigenvalue weighted by Crippen LogP contribution is -2.18. The molecular weight excluding hydrogens is 204 g/mol. The van der Waals surface area contributed by atoms with Gasteiger partial charge in [0.15, 0.2) is 0 Å². The molecule has 16 heavy (non-hydrogen) atoms. The maximum absolute atomic E-state index is 11.2. The third-order valence-corrected chi connectivity index (χ3v) is 2.31. The van der Waals surface area contributed by atoms with Crippen LogP contribution >= 0.6 is 0 Å². The molecule has 88 valence electrons. The summed E-state index contributed by atoms with van der Waals surface area (Å²) >= 11 is 0. The van der Waals surface area contributed by atoms with Gasteiger partial charge >= 0.3 is 5.97 Å². The average molecular weight is 222 g/mol. The quantitative estimate of drug-likeness (QED) is 0.854. The lowest BCUT2D eigenvalue weighted by atomic mass is 9.83. The summed E-state index contributed by atoms with van der Waals surface area (Å²) in [5.41, 5.74) is 0.822. The Labute approximate surface area is 96.1 Å². The average Bonchev–Trinajstić information content (AvgIpc) is 2.16. The summed E-state index contributed by atoms with van der Waals surface area (Å²) < 4.78 is 5.49. The summed E-state index contributed by atoms with van der Waals surface area (Å²) in [4.78, 5) is 11.2. The van der Waals surface area contributed by atoms with Gasteiger partial charge in [-0.1, -0.05) is 26.8 Å². The van der Waals surface area contributed by atoms with Crippen LogP contribution in [-0.2, 0) is 5.41 Å². The van der Waals surface area contributed by atoms with Crippen LogP contribution in [0.15, 0.2) is 18.2 Å². The zero-order chi connectivity index (χ0) is 12.3. The maximum Gasteiger partial charge on any atom is 0.336 e. The minimum absolute atomic E-state index is 0.251. The Morgan fingerprint density at radius 1 is 1.38 bits per heavy atom. The lowest BCUT2D eigenvalue weighted by molar-refractivity contribution is 0.0693. The van der Waals surface area contributed by atoms with Gasteiger partial charge in [0.1, 0.15) is 5.75 Å². The second kappa shape index (κ2) is 4.56. The molecule has 0 fully saturated rings. The van der Waals surface area contributed by atoms with Crippen LogP contribution in [0.4, 0.5) is 0 Å². The zero-order valence-corrected chi connectivity index (χ0v) is 10.2. The van der Waals surface area contributed by atoms with E-state index in [0.717, 1.165) is 5.56 Å². The zero-order valence-electron chi connectivity index (χ0n) is 10.2. The molecule has 1 N–H and O–H groups in total. The Bertz CT molecular complexity index is 389. The molecule has 0 spiro atoms. The predicted octanol–water partition coefficient (Wildman–Crippen LogP) is 3.08. The van der Waals surface area contributed by atoms with Crippen LogP contribution in [0.2, 0.25) is 0 Å². The summed E-state index contributed by atoms with van der Waals surface area (Å²) in [6, 6.07) is 5.14. The van der Waals surface area contributed by atoms with Gasteiger partial charge in [-0.25, -0.2) is 4.79 Å².